The second kappa shape index (κ2) is 7.03. The zero-order valence-electron chi connectivity index (χ0n) is 10.9. The molecule has 1 aliphatic heterocycles. The molecular weight excluding hydrogens is 310 g/mol. The highest BCUT2D eigenvalue weighted by Crippen LogP contribution is 2.19. The van der Waals surface area contributed by atoms with Crippen molar-refractivity contribution >= 4 is 21.9 Å². The van der Waals surface area contributed by atoms with Crippen molar-refractivity contribution < 1.29 is 14.3 Å². The molecule has 0 radical (unpaired) electrons. The van der Waals surface area contributed by atoms with Crippen LogP contribution in [-0.4, -0.2) is 31.8 Å². The molecule has 1 aromatic rings. The molecule has 0 saturated carbocycles. The monoisotopic (exact) mass is 327 g/mol. The van der Waals surface area contributed by atoms with Crippen LogP contribution in [0.4, 0.5) is 0 Å². The average Bonchev–Trinajstić information content (AvgIpc) is 2.86. The molecule has 2 atom stereocenters. The molecule has 0 aromatic heterocycles. The third-order valence-electron chi connectivity index (χ3n) is 3.18. The van der Waals surface area contributed by atoms with Gasteiger partial charge in [0.05, 0.1) is 19.1 Å². The number of esters is 1. The van der Waals surface area contributed by atoms with E-state index in [0.29, 0.717) is 13.2 Å². The van der Waals surface area contributed by atoms with Gasteiger partial charge in [-0.25, -0.2) is 0 Å². The summed E-state index contributed by atoms with van der Waals surface area (Å²) in [6, 6.07) is 7.79. The van der Waals surface area contributed by atoms with Crippen molar-refractivity contribution in [2.75, 3.05) is 19.8 Å². The van der Waals surface area contributed by atoms with Crippen LogP contribution < -0.4 is 5.32 Å². The van der Waals surface area contributed by atoms with Crippen LogP contribution in [0, 0.1) is 5.92 Å². The van der Waals surface area contributed by atoms with Crippen LogP contribution in [0.5, 0.6) is 0 Å². The van der Waals surface area contributed by atoms with E-state index in [0.717, 1.165) is 16.6 Å². The molecule has 1 N–H and O–H groups in total. The molecule has 0 aliphatic carbocycles. The third kappa shape index (κ3) is 3.78. The summed E-state index contributed by atoms with van der Waals surface area (Å²) in [4.78, 5) is 12.1. The molecule has 0 spiro atoms. The average molecular weight is 328 g/mol. The minimum atomic E-state index is -0.206. The highest BCUT2D eigenvalue weighted by molar-refractivity contribution is 9.10. The SMILES string of the molecule is CCNC1COCC1C(=O)OCc1ccccc1Br. The Morgan fingerprint density at radius 2 is 2.26 bits per heavy atom. The molecule has 1 fully saturated rings. The Bertz CT molecular complexity index is 438. The molecule has 2 unspecified atom stereocenters. The summed E-state index contributed by atoms with van der Waals surface area (Å²) in [5.41, 5.74) is 0.967. The minimum absolute atomic E-state index is 0.0664. The molecule has 1 saturated heterocycles. The molecule has 104 valence electrons. The van der Waals surface area contributed by atoms with E-state index in [1.807, 2.05) is 31.2 Å². The quantitative estimate of drug-likeness (QED) is 0.841. The molecule has 2 rings (SSSR count). The number of ether oxygens (including phenoxy) is 2. The van der Waals surface area contributed by atoms with Gasteiger partial charge in [-0.1, -0.05) is 41.1 Å². The van der Waals surface area contributed by atoms with Gasteiger partial charge in [0.25, 0.3) is 0 Å². The molecular formula is C14H18BrNO3. The van der Waals surface area contributed by atoms with Crippen LogP contribution in [0.3, 0.4) is 0 Å². The lowest BCUT2D eigenvalue weighted by molar-refractivity contribution is -0.150. The van der Waals surface area contributed by atoms with Crippen molar-refractivity contribution in [1.82, 2.24) is 5.32 Å². The van der Waals surface area contributed by atoms with Crippen LogP contribution in [0.1, 0.15) is 12.5 Å². The Labute approximate surface area is 121 Å². The summed E-state index contributed by atoms with van der Waals surface area (Å²) in [6.45, 7) is 4.13. The first-order chi connectivity index (χ1) is 9.22. The Hall–Kier alpha value is -0.910. The summed E-state index contributed by atoms with van der Waals surface area (Å²) in [7, 11) is 0. The standard InChI is InChI=1S/C14H18BrNO3/c1-2-16-13-9-18-8-11(13)14(17)19-7-10-5-3-4-6-12(10)15/h3-6,11,13,16H,2,7-9H2,1H3. The predicted octanol–water partition coefficient (Wildman–Crippen LogP) is 2.12. The van der Waals surface area contributed by atoms with Crippen molar-refractivity contribution in [3.63, 3.8) is 0 Å². The summed E-state index contributed by atoms with van der Waals surface area (Å²) >= 11 is 3.44. The zero-order valence-corrected chi connectivity index (χ0v) is 12.5. The van der Waals surface area contributed by atoms with E-state index in [9.17, 15) is 4.79 Å². The summed E-state index contributed by atoms with van der Waals surface area (Å²) < 4.78 is 11.7. The Balaban J connectivity index is 1.89. The van der Waals surface area contributed by atoms with Gasteiger partial charge in [-0.05, 0) is 12.6 Å². The largest absolute Gasteiger partial charge is 0.460 e. The maximum Gasteiger partial charge on any atom is 0.313 e. The zero-order chi connectivity index (χ0) is 13.7. The van der Waals surface area contributed by atoms with Crippen LogP contribution in [0.15, 0.2) is 28.7 Å². The van der Waals surface area contributed by atoms with Gasteiger partial charge >= 0.3 is 5.97 Å². The molecule has 5 heteroatoms. The van der Waals surface area contributed by atoms with Crippen LogP contribution in [0.2, 0.25) is 0 Å². The van der Waals surface area contributed by atoms with Crippen molar-refractivity contribution in [3.05, 3.63) is 34.3 Å². The van der Waals surface area contributed by atoms with Gasteiger partial charge in [0.1, 0.15) is 6.61 Å². The van der Waals surface area contributed by atoms with E-state index in [-0.39, 0.29) is 24.5 Å². The fraction of sp³-hybridized carbons (Fsp3) is 0.500. The second-order valence-corrected chi connectivity index (χ2v) is 5.36. The maximum atomic E-state index is 12.1. The van der Waals surface area contributed by atoms with E-state index in [1.165, 1.54) is 0 Å². The van der Waals surface area contributed by atoms with Crippen molar-refractivity contribution in [2.45, 2.75) is 19.6 Å². The van der Waals surface area contributed by atoms with E-state index >= 15 is 0 Å². The smallest absolute Gasteiger partial charge is 0.313 e. The minimum Gasteiger partial charge on any atom is -0.460 e. The molecule has 0 amide bonds. The van der Waals surface area contributed by atoms with Crippen molar-refractivity contribution in [1.29, 1.82) is 0 Å². The number of benzene rings is 1. The lowest BCUT2D eigenvalue weighted by Crippen LogP contribution is -2.39. The van der Waals surface area contributed by atoms with E-state index in [4.69, 9.17) is 9.47 Å². The van der Waals surface area contributed by atoms with Gasteiger partial charge < -0.3 is 14.8 Å². The molecule has 19 heavy (non-hydrogen) atoms. The molecule has 1 aromatic carbocycles. The molecule has 1 heterocycles. The number of carbonyl (C=O) groups excluding carboxylic acids is 1. The molecule has 1 aliphatic rings. The predicted molar refractivity (Wildman–Crippen MR) is 75.7 cm³/mol. The molecule has 0 bridgehead atoms. The number of carbonyl (C=O) groups is 1. The number of nitrogens with one attached hydrogen (secondary N) is 1. The van der Waals surface area contributed by atoms with E-state index < -0.39 is 0 Å². The van der Waals surface area contributed by atoms with E-state index in [2.05, 4.69) is 21.2 Å². The van der Waals surface area contributed by atoms with Gasteiger partial charge in [0.15, 0.2) is 0 Å². The highest BCUT2D eigenvalue weighted by Gasteiger charge is 2.34. The van der Waals surface area contributed by atoms with Crippen molar-refractivity contribution in [3.8, 4) is 0 Å². The Kier molecular flexibility index (Phi) is 5.36. The van der Waals surface area contributed by atoms with Gasteiger partial charge in [0.2, 0.25) is 0 Å². The normalized spacial score (nSPS) is 22.4. The Morgan fingerprint density at radius 3 is 3.00 bits per heavy atom. The number of rotatable bonds is 5. The van der Waals surface area contributed by atoms with Gasteiger partial charge in [0, 0.05) is 16.1 Å². The topological polar surface area (TPSA) is 47.6 Å². The van der Waals surface area contributed by atoms with Crippen LogP contribution >= 0.6 is 15.9 Å². The first kappa shape index (κ1) is 14.5. The van der Waals surface area contributed by atoms with E-state index in [1.54, 1.807) is 0 Å². The van der Waals surface area contributed by atoms with Gasteiger partial charge in [-0.3, -0.25) is 4.79 Å². The maximum absolute atomic E-state index is 12.1. The van der Waals surface area contributed by atoms with Crippen LogP contribution in [-0.2, 0) is 20.9 Å². The first-order valence-corrected chi connectivity index (χ1v) is 7.22. The molecule has 4 nitrogen and oxygen atoms in total. The van der Waals surface area contributed by atoms with Gasteiger partial charge in [-0.15, -0.1) is 0 Å². The summed E-state index contributed by atoms with van der Waals surface area (Å²) in [5.74, 6) is -0.401. The second-order valence-electron chi connectivity index (χ2n) is 4.51. The lowest BCUT2D eigenvalue weighted by atomic mass is 10.0. The number of hydrogen-bond acceptors (Lipinski definition) is 4. The first-order valence-electron chi connectivity index (χ1n) is 6.43. The van der Waals surface area contributed by atoms with Crippen molar-refractivity contribution in [2.24, 2.45) is 5.92 Å². The lowest BCUT2D eigenvalue weighted by Gasteiger charge is -2.17. The number of likely N-dealkylation sites (N-methyl/N-ethyl adjacent to an activating group) is 1. The number of halogens is 1. The summed E-state index contributed by atoms with van der Waals surface area (Å²) in [6.07, 6.45) is 0. The van der Waals surface area contributed by atoms with Gasteiger partial charge in [-0.2, -0.15) is 0 Å². The fourth-order valence-corrected chi connectivity index (χ4v) is 2.52. The fourth-order valence-electron chi connectivity index (χ4n) is 2.12. The third-order valence-corrected chi connectivity index (χ3v) is 3.95. The number of hydrogen-bond donors (Lipinski definition) is 1. The summed E-state index contributed by atoms with van der Waals surface area (Å²) in [5, 5.41) is 3.25. The Morgan fingerprint density at radius 1 is 1.47 bits per heavy atom. The van der Waals surface area contributed by atoms with Crippen LogP contribution in [0.25, 0.3) is 0 Å². The highest BCUT2D eigenvalue weighted by atomic mass is 79.9.